The van der Waals surface area contributed by atoms with Gasteiger partial charge in [0.1, 0.15) is 17.5 Å². The van der Waals surface area contributed by atoms with E-state index in [0.717, 1.165) is 16.9 Å². The molecular formula is C26H33NO9P2V. The van der Waals surface area contributed by atoms with Crippen LogP contribution in [0.5, 0.6) is 11.5 Å². The third-order valence-electron chi connectivity index (χ3n) is 5.21. The predicted molar refractivity (Wildman–Crippen MR) is 145 cm³/mol. The molecule has 3 unspecified atom stereocenters. The molecule has 0 bridgehead atoms. The fraction of sp³-hybridized carbons (Fsp3) is 0.385. The standard InChI is InChI=1S/C26H33NO9P2.V/c1-18(28)33-15-3-4-16-34-26(31)35-22-12-7-20(8-13-22)17-23(25(30)36-38-37)27-24(29)14-9-19-5-10-21(32-2)11-6-19;/h5-8,10-13,23,38H,3-4,9,14-17,37H2,1-2H3,(H,27,29);. The number of hydrogen-bond acceptors (Lipinski definition) is 9. The maximum atomic E-state index is 12.6. The fourth-order valence-corrected chi connectivity index (χ4v) is 3.88. The van der Waals surface area contributed by atoms with Crippen LogP contribution in [-0.4, -0.2) is 50.4 Å². The molecule has 0 aliphatic rings. The van der Waals surface area contributed by atoms with Gasteiger partial charge >= 0.3 is 18.1 Å². The second kappa shape index (κ2) is 19.4. The normalized spacial score (nSPS) is 11.2. The van der Waals surface area contributed by atoms with Gasteiger partial charge in [-0.1, -0.05) is 33.2 Å². The fourth-order valence-electron chi connectivity index (χ4n) is 3.27. The van der Waals surface area contributed by atoms with Crippen molar-refractivity contribution >= 4 is 41.4 Å². The average molecular weight is 616 g/mol. The molecule has 0 heterocycles. The van der Waals surface area contributed by atoms with Gasteiger partial charge in [-0.05, 0) is 54.7 Å². The van der Waals surface area contributed by atoms with Crippen molar-refractivity contribution in [3.05, 3.63) is 59.7 Å². The molecule has 1 amide bonds. The topological polar surface area (TPSA) is 126 Å². The molecule has 0 aliphatic carbocycles. The van der Waals surface area contributed by atoms with E-state index in [1.807, 2.05) is 24.3 Å². The molecule has 0 aliphatic heterocycles. The van der Waals surface area contributed by atoms with E-state index >= 15 is 0 Å². The summed E-state index contributed by atoms with van der Waals surface area (Å²) in [6.45, 7) is 1.73. The van der Waals surface area contributed by atoms with E-state index < -0.39 is 18.2 Å². The summed E-state index contributed by atoms with van der Waals surface area (Å²) in [6.07, 6.45) is 1.17. The van der Waals surface area contributed by atoms with Crippen molar-refractivity contribution in [2.24, 2.45) is 0 Å². The Morgan fingerprint density at radius 1 is 0.897 bits per heavy atom. The van der Waals surface area contributed by atoms with Gasteiger partial charge in [0, 0.05) is 38.3 Å². The van der Waals surface area contributed by atoms with Crippen molar-refractivity contribution in [2.45, 2.75) is 45.1 Å². The van der Waals surface area contributed by atoms with Gasteiger partial charge in [-0.3, -0.25) is 9.59 Å². The summed E-state index contributed by atoms with van der Waals surface area (Å²) in [5, 5.41) is 2.76. The molecule has 3 atom stereocenters. The van der Waals surface area contributed by atoms with Crippen molar-refractivity contribution in [1.29, 1.82) is 0 Å². The molecule has 0 fully saturated rings. The van der Waals surface area contributed by atoms with Crippen LogP contribution in [-0.2, 0) is 59.8 Å². The number of ether oxygens (including phenoxy) is 4. The summed E-state index contributed by atoms with van der Waals surface area (Å²) in [5.74, 6) is -0.152. The number of rotatable bonds is 15. The molecule has 2 aromatic carbocycles. The molecule has 1 radical (unpaired) electrons. The van der Waals surface area contributed by atoms with Crippen LogP contribution in [0, 0.1) is 0 Å². The summed E-state index contributed by atoms with van der Waals surface area (Å²) in [6, 6.07) is 13.1. The van der Waals surface area contributed by atoms with Gasteiger partial charge < -0.3 is 28.8 Å². The van der Waals surface area contributed by atoms with Gasteiger partial charge in [0.05, 0.1) is 28.8 Å². The Bertz CT molecular complexity index is 1050. The van der Waals surface area contributed by atoms with Crippen molar-refractivity contribution < 1.29 is 61.2 Å². The Balaban J connectivity index is 0.00000760. The quantitative estimate of drug-likeness (QED) is 0.103. The first kappa shape index (κ1) is 34.4. The van der Waals surface area contributed by atoms with Crippen LogP contribution in [0.1, 0.15) is 37.3 Å². The Morgan fingerprint density at radius 3 is 2.08 bits per heavy atom. The van der Waals surface area contributed by atoms with E-state index in [-0.39, 0.29) is 70.7 Å². The third kappa shape index (κ3) is 14.4. The first-order valence-electron chi connectivity index (χ1n) is 12.0. The number of esters is 1. The molecule has 211 valence electrons. The van der Waals surface area contributed by atoms with Gasteiger partial charge in [0.25, 0.3) is 0 Å². The number of hydrogen-bond donors (Lipinski definition) is 1. The number of carbonyl (C=O) groups is 4. The maximum absolute atomic E-state index is 12.6. The molecule has 39 heavy (non-hydrogen) atoms. The number of amides is 1. The number of benzene rings is 2. The van der Waals surface area contributed by atoms with Crippen LogP contribution in [0.2, 0.25) is 0 Å². The maximum Gasteiger partial charge on any atom is 0.513 e. The summed E-state index contributed by atoms with van der Waals surface area (Å²) < 4.78 is 25.2. The second-order valence-electron chi connectivity index (χ2n) is 8.10. The molecule has 2 aromatic rings. The number of carbonyl (C=O) groups excluding carboxylic acids is 4. The summed E-state index contributed by atoms with van der Waals surface area (Å²) >= 11 is 0. The Hall–Kier alpha value is -2.64. The molecule has 2 rings (SSSR count). The van der Waals surface area contributed by atoms with Crippen LogP contribution >= 0.6 is 17.4 Å². The first-order valence-corrected chi connectivity index (χ1v) is 14.7. The van der Waals surface area contributed by atoms with Gasteiger partial charge in [-0.15, -0.1) is 0 Å². The Labute approximate surface area is 244 Å². The minimum Gasteiger partial charge on any atom is -0.497 e. The monoisotopic (exact) mass is 616 g/mol. The van der Waals surface area contributed by atoms with Crippen LogP contribution in [0.25, 0.3) is 0 Å². The van der Waals surface area contributed by atoms with E-state index in [0.29, 0.717) is 19.3 Å². The molecule has 0 saturated carbocycles. The Morgan fingerprint density at radius 2 is 1.49 bits per heavy atom. The molecular weight excluding hydrogens is 583 g/mol. The van der Waals surface area contributed by atoms with E-state index in [2.05, 4.69) is 14.2 Å². The van der Waals surface area contributed by atoms with E-state index in [1.54, 1.807) is 31.4 Å². The molecule has 0 saturated heterocycles. The van der Waals surface area contributed by atoms with Crippen LogP contribution in [0.3, 0.4) is 0 Å². The largest absolute Gasteiger partial charge is 0.513 e. The van der Waals surface area contributed by atoms with E-state index in [4.69, 9.17) is 23.5 Å². The number of unbranched alkanes of at least 4 members (excludes halogenated alkanes) is 1. The van der Waals surface area contributed by atoms with Gasteiger partial charge in [0.2, 0.25) is 5.91 Å². The number of methoxy groups -OCH3 is 1. The Kier molecular flexibility index (Phi) is 17.1. The van der Waals surface area contributed by atoms with Crippen molar-refractivity contribution in [3.8, 4) is 11.5 Å². The third-order valence-corrected chi connectivity index (χ3v) is 5.88. The van der Waals surface area contributed by atoms with E-state index in [1.165, 1.54) is 6.92 Å². The summed E-state index contributed by atoms with van der Waals surface area (Å²) in [5.41, 5.74) is 1.71. The number of nitrogens with one attached hydrogen (secondary N) is 1. The minimum atomic E-state index is -0.866. The van der Waals surface area contributed by atoms with Gasteiger partial charge in [0.15, 0.2) is 0 Å². The van der Waals surface area contributed by atoms with Gasteiger partial charge in [-0.25, -0.2) is 9.59 Å². The van der Waals surface area contributed by atoms with Crippen molar-refractivity contribution in [3.63, 3.8) is 0 Å². The zero-order valence-electron chi connectivity index (χ0n) is 21.8. The molecule has 10 nitrogen and oxygen atoms in total. The van der Waals surface area contributed by atoms with Crippen LogP contribution in [0.4, 0.5) is 4.79 Å². The summed E-state index contributed by atoms with van der Waals surface area (Å²) in [7, 11) is 3.79. The van der Waals surface area contributed by atoms with Crippen molar-refractivity contribution in [1.82, 2.24) is 5.32 Å². The first-order chi connectivity index (χ1) is 18.3. The molecule has 0 spiro atoms. The second-order valence-corrected chi connectivity index (χ2v) is 9.25. The minimum absolute atomic E-state index is 0. The zero-order chi connectivity index (χ0) is 27.8. The van der Waals surface area contributed by atoms with E-state index in [9.17, 15) is 19.2 Å². The zero-order valence-corrected chi connectivity index (χ0v) is 25.4. The summed E-state index contributed by atoms with van der Waals surface area (Å²) in [4.78, 5) is 47.6. The molecule has 1 N–H and O–H groups in total. The van der Waals surface area contributed by atoms with Crippen LogP contribution < -0.4 is 14.8 Å². The predicted octanol–water partition coefficient (Wildman–Crippen LogP) is 4.14. The van der Waals surface area contributed by atoms with Crippen LogP contribution in [0.15, 0.2) is 48.5 Å². The molecule has 13 heteroatoms. The van der Waals surface area contributed by atoms with Gasteiger partial charge in [-0.2, -0.15) is 0 Å². The molecule has 0 aromatic heterocycles. The van der Waals surface area contributed by atoms with Crippen molar-refractivity contribution in [2.75, 3.05) is 20.3 Å². The average Bonchev–Trinajstić information content (AvgIpc) is 2.90. The smallest absolute Gasteiger partial charge is 0.497 e. The SMILES string of the molecule is COc1ccc(CCC(=O)NC(Cc2ccc(OC(=O)OCCCCOC(C)=O)cc2)C(=O)OPP)cc1.[V]. The number of aryl methyl sites for hydroxylation is 1.